The highest BCUT2D eigenvalue weighted by atomic mass is 79.9. The van der Waals surface area contributed by atoms with E-state index in [0.29, 0.717) is 10.6 Å². The van der Waals surface area contributed by atoms with Crippen molar-refractivity contribution in [3.8, 4) is 0 Å². The Morgan fingerprint density at radius 3 is 2.55 bits per heavy atom. The molecule has 0 unspecified atom stereocenters. The molecule has 0 bridgehead atoms. The molecule has 0 amide bonds. The lowest BCUT2D eigenvalue weighted by Crippen LogP contribution is -2.09. The fourth-order valence-electron chi connectivity index (χ4n) is 1.67. The molecule has 2 rings (SSSR count). The molecule has 2 aromatic carbocycles. The first-order chi connectivity index (χ1) is 9.47. The van der Waals surface area contributed by atoms with Crippen LogP contribution < -0.4 is 11.1 Å². The first-order valence-corrected chi connectivity index (χ1v) is 6.94. The molecule has 0 saturated heterocycles. The summed E-state index contributed by atoms with van der Waals surface area (Å²) in [6, 6.07) is 8.85. The SMILES string of the molecule is NC(=S)c1ccc(NCc2ccc(F)cc2F)c(Br)c1. The van der Waals surface area contributed by atoms with E-state index in [0.717, 1.165) is 21.8 Å². The third-order valence-electron chi connectivity index (χ3n) is 2.74. The van der Waals surface area contributed by atoms with Crippen LogP contribution in [0.15, 0.2) is 40.9 Å². The van der Waals surface area contributed by atoms with Crippen molar-refractivity contribution in [3.05, 3.63) is 63.6 Å². The van der Waals surface area contributed by atoms with Crippen LogP contribution in [0.2, 0.25) is 0 Å². The minimum absolute atomic E-state index is 0.247. The predicted molar refractivity (Wildman–Crippen MR) is 83.7 cm³/mol. The molecule has 0 aliphatic heterocycles. The van der Waals surface area contributed by atoms with Gasteiger partial charge in [0.25, 0.3) is 0 Å². The van der Waals surface area contributed by atoms with Crippen LogP contribution in [0.1, 0.15) is 11.1 Å². The average molecular weight is 357 g/mol. The van der Waals surface area contributed by atoms with Gasteiger partial charge >= 0.3 is 0 Å². The maximum absolute atomic E-state index is 13.5. The van der Waals surface area contributed by atoms with E-state index in [-0.39, 0.29) is 6.54 Å². The maximum atomic E-state index is 13.5. The van der Waals surface area contributed by atoms with Crippen molar-refractivity contribution in [1.82, 2.24) is 0 Å². The third-order valence-corrected chi connectivity index (χ3v) is 3.63. The highest BCUT2D eigenvalue weighted by Crippen LogP contribution is 2.24. The number of hydrogen-bond donors (Lipinski definition) is 2. The second-order valence-electron chi connectivity index (χ2n) is 4.15. The van der Waals surface area contributed by atoms with Gasteiger partial charge < -0.3 is 11.1 Å². The molecule has 20 heavy (non-hydrogen) atoms. The Kier molecular flexibility index (Phi) is 4.67. The first kappa shape index (κ1) is 14.9. The lowest BCUT2D eigenvalue weighted by Gasteiger charge is -2.10. The summed E-state index contributed by atoms with van der Waals surface area (Å²) in [5.74, 6) is -1.17. The molecule has 3 N–H and O–H groups in total. The van der Waals surface area contributed by atoms with Crippen LogP contribution in [0.5, 0.6) is 0 Å². The van der Waals surface area contributed by atoms with E-state index in [4.69, 9.17) is 18.0 Å². The van der Waals surface area contributed by atoms with Crippen molar-refractivity contribution < 1.29 is 8.78 Å². The van der Waals surface area contributed by atoms with Gasteiger partial charge in [0.05, 0.1) is 0 Å². The van der Waals surface area contributed by atoms with Gasteiger partial charge in [0.15, 0.2) is 0 Å². The first-order valence-electron chi connectivity index (χ1n) is 5.74. The van der Waals surface area contributed by atoms with Crippen molar-refractivity contribution in [2.45, 2.75) is 6.54 Å². The van der Waals surface area contributed by atoms with E-state index in [1.807, 2.05) is 0 Å². The molecular formula is C14H11BrF2N2S. The Morgan fingerprint density at radius 1 is 1.20 bits per heavy atom. The molecule has 2 nitrogen and oxygen atoms in total. The van der Waals surface area contributed by atoms with Crippen LogP contribution in [-0.2, 0) is 6.54 Å². The topological polar surface area (TPSA) is 38.0 Å². The zero-order chi connectivity index (χ0) is 14.7. The number of rotatable bonds is 4. The van der Waals surface area contributed by atoms with Gasteiger partial charge in [0.2, 0.25) is 0 Å². The highest BCUT2D eigenvalue weighted by molar-refractivity contribution is 9.10. The summed E-state index contributed by atoms with van der Waals surface area (Å²) in [6.45, 7) is 0.247. The zero-order valence-corrected chi connectivity index (χ0v) is 12.7. The molecule has 0 aromatic heterocycles. The number of benzene rings is 2. The summed E-state index contributed by atoms with van der Waals surface area (Å²) in [5, 5.41) is 3.06. The van der Waals surface area contributed by atoms with Crippen LogP contribution in [-0.4, -0.2) is 4.99 Å². The quantitative estimate of drug-likeness (QED) is 0.814. The van der Waals surface area contributed by atoms with Gasteiger partial charge in [-0.2, -0.15) is 0 Å². The van der Waals surface area contributed by atoms with E-state index >= 15 is 0 Å². The monoisotopic (exact) mass is 356 g/mol. The number of nitrogens with two attached hydrogens (primary N) is 1. The van der Waals surface area contributed by atoms with Gasteiger partial charge in [-0.3, -0.25) is 0 Å². The molecule has 0 atom stereocenters. The minimum Gasteiger partial charge on any atom is -0.389 e. The van der Waals surface area contributed by atoms with Crippen molar-refractivity contribution >= 4 is 38.8 Å². The molecule has 0 aliphatic carbocycles. The molecule has 0 heterocycles. The van der Waals surface area contributed by atoms with Crippen molar-refractivity contribution in [3.63, 3.8) is 0 Å². The van der Waals surface area contributed by atoms with Crippen molar-refractivity contribution in [1.29, 1.82) is 0 Å². The number of halogens is 3. The van der Waals surface area contributed by atoms with Crippen molar-refractivity contribution in [2.75, 3.05) is 5.32 Å². The number of hydrogen-bond acceptors (Lipinski definition) is 2. The van der Waals surface area contributed by atoms with E-state index in [2.05, 4.69) is 21.2 Å². The Morgan fingerprint density at radius 2 is 1.95 bits per heavy atom. The molecule has 0 aliphatic rings. The second kappa shape index (κ2) is 6.28. The van der Waals surface area contributed by atoms with Gasteiger partial charge in [-0.25, -0.2) is 8.78 Å². The lowest BCUT2D eigenvalue weighted by molar-refractivity contribution is 0.574. The molecule has 0 radical (unpaired) electrons. The standard InChI is InChI=1S/C14H11BrF2N2S/c15-11-5-8(14(18)20)2-4-13(11)19-7-9-1-3-10(16)6-12(9)17/h1-6,19H,7H2,(H2,18,20). The second-order valence-corrected chi connectivity index (χ2v) is 5.44. The average Bonchev–Trinajstić information content (AvgIpc) is 2.38. The van der Waals surface area contributed by atoms with Gasteiger partial charge in [-0.05, 0) is 40.2 Å². The minimum atomic E-state index is -0.590. The maximum Gasteiger partial charge on any atom is 0.131 e. The van der Waals surface area contributed by atoms with Gasteiger partial charge in [-0.1, -0.05) is 18.3 Å². The summed E-state index contributed by atoms with van der Waals surface area (Å²) in [4.78, 5) is 0.307. The number of thiocarbonyl (C=S) groups is 1. The van der Waals surface area contributed by atoms with Gasteiger partial charge in [0, 0.05) is 33.9 Å². The molecule has 0 saturated carbocycles. The highest BCUT2D eigenvalue weighted by Gasteiger charge is 2.06. The van der Waals surface area contributed by atoms with Crippen LogP contribution in [0, 0.1) is 11.6 Å². The van der Waals surface area contributed by atoms with E-state index in [9.17, 15) is 8.78 Å². The fourth-order valence-corrected chi connectivity index (χ4v) is 2.31. The number of anilines is 1. The summed E-state index contributed by atoms with van der Waals surface area (Å²) in [7, 11) is 0. The van der Waals surface area contributed by atoms with Gasteiger partial charge in [-0.15, -0.1) is 0 Å². The van der Waals surface area contributed by atoms with Crippen LogP contribution in [0.4, 0.5) is 14.5 Å². The van der Waals surface area contributed by atoms with Gasteiger partial charge in [0.1, 0.15) is 16.6 Å². The predicted octanol–water partition coefficient (Wildman–Crippen LogP) is 3.97. The normalized spacial score (nSPS) is 10.3. The van der Waals surface area contributed by atoms with E-state index < -0.39 is 11.6 Å². The molecule has 0 spiro atoms. The Hall–Kier alpha value is -1.53. The van der Waals surface area contributed by atoms with E-state index in [1.54, 1.807) is 18.2 Å². The van der Waals surface area contributed by atoms with Crippen LogP contribution in [0.3, 0.4) is 0 Å². The summed E-state index contributed by atoms with van der Waals surface area (Å²) in [6.07, 6.45) is 0. The van der Waals surface area contributed by atoms with Crippen LogP contribution in [0.25, 0.3) is 0 Å². The fraction of sp³-hybridized carbons (Fsp3) is 0.0714. The lowest BCUT2D eigenvalue weighted by atomic mass is 10.2. The Balaban J connectivity index is 2.13. The Bertz CT molecular complexity index is 662. The summed E-state index contributed by atoms with van der Waals surface area (Å²) < 4.78 is 27.1. The molecule has 0 fully saturated rings. The third kappa shape index (κ3) is 3.52. The largest absolute Gasteiger partial charge is 0.389 e. The molecule has 2 aromatic rings. The van der Waals surface area contributed by atoms with Crippen molar-refractivity contribution in [2.24, 2.45) is 5.73 Å². The van der Waals surface area contributed by atoms with E-state index in [1.165, 1.54) is 12.1 Å². The number of nitrogens with one attached hydrogen (secondary N) is 1. The summed E-state index contributed by atoms with van der Waals surface area (Å²) >= 11 is 8.27. The zero-order valence-electron chi connectivity index (χ0n) is 10.3. The van der Waals surface area contributed by atoms with Crippen LogP contribution >= 0.6 is 28.1 Å². The smallest absolute Gasteiger partial charge is 0.131 e. The summed E-state index contributed by atoms with van der Waals surface area (Å²) in [5.41, 5.74) is 7.44. The molecule has 104 valence electrons. The Labute approximate surface area is 129 Å². The molecule has 6 heteroatoms. The molecular weight excluding hydrogens is 346 g/mol.